The van der Waals surface area contributed by atoms with Crippen molar-refractivity contribution in [3.63, 3.8) is 0 Å². The fourth-order valence-electron chi connectivity index (χ4n) is 2.44. The molecule has 25 heavy (non-hydrogen) atoms. The van der Waals surface area contributed by atoms with Crippen LogP contribution in [0.25, 0.3) is 11.3 Å². The Hall–Kier alpha value is -3.08. The number of aromatic nitrogens is 1. The molecular formula is C20H20N2O3. The van der Waals surface area contributed by atoms with E-state index < -0.39 is 0 Å². The SMILES string of the molecule is CCOc1ccc(CC(=O)NCc2cc(-c3ccccc3)on2)cc1. The molecule has 0 saturated carbocycles. The Morgan fingerprint density at radius 2 is 1.88 bits per heavy atom. The maximum Gasteiger partial charge on any atom is 0.224 e. The van der Waals surface area contributed by atoms with Crippen LogP contribution in [0.1, 0.15) is 18.2 Å². The summed E-state index contributed by atoms with van der Waals surface area (Å²) in [6.45, 7) is 2.91. The first-order chi connectivity index (χ1) is 12.2. The summed E-state index contributed by atoms with van der Waals surface area (Å²) in [6.07, 6.45) is 0.315. The summed E-state index contributed by atoms with van der Waals surface area (Å²) in [5, 5.41) is 6.86. The van der Waals surface area contributed by atoms with Gasteiger partial charge in [-0.15, -0.1) is 0 Å². The zero-order chi connectivity index (χ0) is 17.5. The molecule has 1 heterocycles. The van der Waals surface area contributed by atoms with Crippen molar-refractivity contribution in [3.05, 3.63) is 71.9 Å². The maximum absolute atomic E-state index is 12.1. The lowest BCUT2D eigenvalue weighted by Gasteiger charge is -2.05. The lowest BCUT2D eigenvalue weighted by atomic mass is 10.1. The van der Waals surface area contributed by atoms with Crippen molar-refractivity contribution < 1.29 is 14.1 Å². The molecular weight excluding hydrogens is 316 g/mol. The van der Waals surface area contributed by atoms with Crippen LogP contribution >= 0.6 is 0 Å². The number of hydrogen-bond acceptors (Lipinski definition) is 4. The molecule has 0 unspecified atom stereocenters. The zero-order valence-electron chi connectivity index (χ0n) is 14.1. The minimum Gasteiger partial charge on any atom is -0.494 e. The van der Waals surface area contributed by atoms with Crippen molar-refractivity contribution in [2.75, 3.05) is 6.61 Å². The van der Waals surface area contributed by atoms with Crippen LogP contribution in [0.15, 0.2) is 65.2 Å². The van der Waals surface area contributed by atoms with Gasteiger partial charge >= 0.3 is 0 Å². The standard InChI is InChI=1S/C20H20N2O3/c1-2-24-18-10-8-15(9-11-18)12-20(23)21-14-17-13-19(25-22-17)16-6-4-3-5-7-16/h3-11,13H,2,12,14H2,1H3,(H,21,23). The van der Waals surface area contributed by atoms with E-state index in [0.717, 1.165) is 16.9 Å². The molecule has 1 amide bonds. The van der Waals surface area contributed by atoms with E-state index in [1.54, 1.807) is 0 Å². The molecule has 1 aromatic heterocycles. The molecule has 3 aromatic rings. The third-order valence-corrected chi connectivity index (χ3v) is 3.68. The molecule has 5 heteroatoms. The quantitative estimate of drug-likeness (QED) is 0.716. The molecule has 0 fully saturated rings. The van der Waals surface area contributed by atoms with Gasteiger partial charge in [-0.2, -0.15) is 0 Å². The van der Waals surface area contributed by atoms with Crippen LogP contribution in [0.5, 0.6) is 5.75 Å². The van der Waals surface area contributed by atoms with Gasteiger partial charge in [-0.25, -0.2) is 0 Å². The molecule has 2 aromatic carbocycles. The van der Waals surface area contributed by atoms with Gasteiger partial charge in [-0.3, -0.25) is 4.79 Å². The summed E-state index contributed by atoms with van der Waals surface area (Å²) >= 11 is 0. The summed E-state index contributed by atoms with van der Waals surface area (Å²) in [5.74, 6) is 1.44. The number of carbonyl (C=O) groups is 1. The Kier molecular flexibility index (Phi) is 5.46. The Morgan fingerprint density at radius 3 is 2.60 bits per heavy atom. The van der Waals surface area contributed by atoms with Crippen LogP contribution in [0, 0.1) is 0 Å². The maximum atomic E-state index is 12.1. The molecule has 0 bridgehead atoms. The van der Waals surface area contributed by atoms with Crippen LogP contribution in [0.2, 0.25) is 0 Å². The molecule has 0 atom stereocenters. The fraction of sp³-hybridized carbons (Fsp3) is 0.200. The number of amides is 1. The van der Waals surface area contributed by atoms with E-state index in [2.05, 4.69) is 10.5 Å². The summed E-state index contributed by atoms with van der Waals surface area (Å²) in [4.78, 5) is 12.1. The van der Waals surface area contributed by atoms with Crippen molar-refractivity contribution in [2.24, 2.45) is 0 Å². The Balaban J connectivity index is 1.51. The molecule has 0 spiro atoms. The van der Waals surface area contributed by atoms with Gasteiger partial charge in [-0.1, -0.05) is 47.6 Å². The van der Waals surface area contributed by atoms with E-state index in [9.17, 15) is 4.79 Å². The van der Waals surface area contributed by atoms with Crippen molar-refractivity contribution >= 4 is 5.91 Å². The highest BCUT2D eigenvalue weighted by Crippen LogP contribution is 2.19. The van der Waals surface area contributed by atoms with Crippen LogP contribution in [-0.4, -0.2) is 17.7 Å². The Labute approximate surface area is 146 Å². The molecule has 0 aliphatic carbocycles. The molecule has 1 N–H and O–H groups in total. The highest BCUT2D eigenvalue weighted by atomic mass is 16.5. The van der Waals surface area contributed by atoms with E-state index >= 15 is 0 Å². The fourth-order valence-corrected chi connectivity index (χ4v) is 2.44. The van der Waals surface area contributed by atoms with Gasteiger partial charge in [0.1, 0.15) is 11.4 Å². The van der Waals surface area contributed by atoms with Crippen molar-refractivity contribution in [3.8, 4) is 17.1 Å². The van der Waals surface area contributed by atoms with Gasteiger partial charge in [0.05, 0.1) is 19.6 Å². The predicted molar refractivity (Wildman–Crippen MR) is 95.1 cm³/mol. The van der Waals surface area contributed by atoms with Gasteiger partial charge < -0.3 is 14.6 Å². The molecule has 3 rings (SSSR count). The normalized spacial score (nSPS) is 10.4. The molecule has 0 aliphatic rings. The smallest absolute Gasteiger partial charge is 0.224 e. The van der Waals surface area contributed by atoms with Gasteiger partial charge in [0.15, 0.2) is 5.76 Å². The van der Waals surface area contributed by atoms with Crippen molar-refractivity contribution in [1.29, 1.82) is 0 Å². The topological polar surface area (TPSA) is 64.4 Å². The summed E-state index contributed by atoms with van der Waals surface area (Å²) in [6, 6.07) is 19.1. The lowest BCUT2D eigenvalue weighted by Crippen LogP contribution is -2.24. The Morgan fingerprint density at radius 1 is 1.12 bits per heavy atom. The summed E-state index contributed by atoms with van der Waals surface area (Å²) in [7, 11) is 0. The highest BCUT2D eigenvalue weighted by Gasteiger charge is 2.08. The monoisotopic (exact) mass is 336 g/mol. The van der Waals surface area contributed by atoms with Gasteiger partial charge in [0, 0.05) is 11.6 Å². The van der Waals surface area contributed by atoms with E-state index in [1.807, 2.05) is 67.6 Å². The first-order valence-corrected chi connectivity index (χ1v) is 8.24. The third-order valence-electron chi connectivity index (χ3n) is 3.68. The first kappa shape index (κ1) is 16.8. The molecule has 0 radical (unpaired) electrons. The average molecular weight is 336 g/mol. The zero-order valence-corrected chi connectivity index (χ0v) is 14.1. The second kappa shape index (κ2) is 8.15. The summed E-state index contributed by atoms with van der Waals surface area (Å²) < 4.78 is 10.7. The minimum absolute atomic E-state index is 0.0616. The molecule has 128 valence electrons. The third kappa shape index (κ3) is 4.70. The molecule has 5 nitrogen and oxygen atoms in total. The number of benzene rings is 2. The number of ether oxygens (including phenoxy) is 1. The number of nitrogens with one attached hydrogen (secondary N) is 1. The van der Waals surface area contributed by atoms with Gasteiger partial charge in [-0.05, 0) is 24.6 Å². The first-order valence-electron chi connectivity index (χ1n) is 8.24. The number of carbonyl (C=O) groups excluding carboxylic acids is 1. The largest absolute Gasteiger partial charge is 0.494 e. The number of nitrogens with zero attached hydrogens (tertiary/aromatic N) is 1. The lowest BCUT2D eigenvalue weighted by molar-refractivity contribution is -0.120. The summed E-state index contributed by atoms with van der Waals surface area (Å²) in [5.41, 5.74) is 2.59. The second-order valence-electron chi connectivity index (χ2n) is 5.58. The molecule has 0 aliphatic heterocycles. The van der Waals surface area contributed by atoms with E-state index in [1.165, 1.54) is 0 Å². The van der Waals surface area contributed by atoms with Crippen LogP contribution < -0.4 is 10.1 Å². The van der Waals surface area contributed by atoms with Crippen LogP contribution in [0.4, 0.5) is 0 Å². The minimum atomic E-state index is -0.0616. The van der Waals surface area contributed by atoms with Gasteiger partial charge in [0.2, 0.25) is 5.91 Å². The van der Waals surface area contributed by atoms with Crippen molar-refractivity contribution in [1.82, 2.24) is 10.5 Å². The Bertz CT molecular complexity index is 810. The van der Waals surface area contributed by atoms with Crippen molar-refractivity contribution in [2.45, 2.75) is 19.9 Å². The van der Waals surface area contributed by atoms with E-state index in [0.29, 0.717) is 31.0 Å². The van der Waals surface area contributed by atoms with Crippen LogP contribution in [0.3, 0.4) is 0 Å². The van der Waals surface area contributed by atoms with Crippen LogP contribution in [-0.2, 0) is 17.8 Å². The van der Waals surface area contributed by atoms with Gasteiger partial charge in [0.25, 0.3) is 0 Å². The number of hydrogen-bond donors (Lipinski definition) is 1. The average Bonchev–Trinajstić information content (AvgIpc) is 3.12. The second-order valence-corrected chi connectivity index (χ2v) is 5.58. The number of rotatable bonds is 7. The molecule has 0 saturated heterocycles. The van der Waals surface area contributed by atoms with E-state index in [-0.39, 0.29) is 5.91 Å². The highest BCUT2D eigenvalue weighted by molar-refractivity contribution is 5.78. The van der Waals surface area contributed by atoms with E-state index in [4.69, 9.17) is 9.26 Å². The predicted octanol–water partition coefficient (Wildman–Crippen LogP) is 3.60.